The highest BCUT2D eigenvalue weighted by atomic mass is 14.8. The summed E-state index contributed by atoms with van der Waals surface area (Å²) < 4.78 is 0. The maximum atomic E-state index is 5.26. The zero-order valence-corrected chi connectivity index (χ0v) is 35.6. The Bertz CT molecular complexity index is 2680. The lowest BCUT2D eigenvalue weighted by atomic mass is 9.79. The molecule has 1 aliphatic carbocycles. The van der Waals surface area contributed by atoms with Crippen LogP contribution >= 0.6 is 0 Å². The predicted molar refractivity (Wildman–Crippen MR) is 267 cm³/mol. The molecule has 0 N–H and O–H groups in total. The summed E-state index contributed by atoms with van der Waals surface area (Å²) in [5, 5.41) is 0. The maximum absolute atomic E-state index is 5.26. The van der Waals surface area contributed by atoms with Crippen LogP contribution in [0.3, 0.4) is 0 Å². The highest BCUT2D eigenvalue weighted by Crippen LogP contribution is 2.46. The smallest absolute Gasteiger partial charge is 0.0755 e. The van der Waals surface area contributed by atoms with E-state index in [4.69, 9.17) is 11.6 Å². The molecule has 0 aromatic heterocycles. The quantitative estimate of drug-likeness (QED) is 0.0726. The zero-order valence-electron chi connectivity index (χ0n) is 35.6. The number of hydrogen-bond acceptors (Lipinski definition) is 1. The monoisotopic (exact) mass is 789 g/mol. The van der Waals surface area contributed by atoms with E-state index in [-0.39, 0.29) is 6.04 Å². The standard InChI is InChI=1S/C60H55N/c1-6-8-10-11-22-39-55-57(43-56(44(3)27-15-9-7-2)60(49-32-20-14-21-33-49)59(55)48-30-18-13-19-31-48)53-37-26-36-52(42-53)51-35-25-34-50(41-51)45(4)54-38-23-24-40-58(54)61-46(5)47-28-16-12-17-29-47/h6-22,25-38,41-43,58H,1-2,4,23-24,39-40H2,3,5H3/b10-8-,15-9-,22-11-,44-27+,61-46+. The van der Waals surface area contributed by atoms with Crippen LogP contribution in [-0.4, -0.2) is 11.8 Å². The molecule has 1 unspecified atom stereocenters. The van der Waals surface area contributed by atoms with E-state index < -0.39 is 0 Å². The van der Waals surface area contributed by atoms with Gasteiger partial charge in [-0.05, 0) is 141 Å². The lowest BCUT2D eigenvalue weighted by Crippen LogP contribution is -2.16. The van der Waals surface area contributed by atoms with Gasteiger partial charge in [0.1, 0.15) is 0 Å². The minimum absolute atomic E-state index is 0.0878. The number of aliphatic imine (C=N–C) groups is 1. The van der Waals surface area contributed by atoms with Crippen LogP contribution in [-0.2, 0) is 6.42 Å². The van der Waals surface area contributed by atoms with Crippen LogP contribution in [0.15, 0.2) is 237 Å². The van der Waals surface area contributed by atoms with E-state index in [1.807, 2.05) is 30.4 Å². The van der Waals surface area contributed by atoms with Gasteiger partial charge in [0.25, 0.3) is 0 Å². The molecule has 300 valence electrons. The third-order valence-corrected chi connectivity index (χ3v) is 11.4. The Morgan fingerprint density at radius 2 is 1.20 bits per heavy atom. The zero-order chi connectivity index (χ0) is 42.4. The summed E-state index contributed by atoms with van der Waals surface area (Å²) in [6.07, 6.45) is 24.6. The molecule has 0 heterocycles. The highest BCUT2D eigenvalue weighted by molar-refractivity contribution is 6.00. The second-order valence-electron chi connectivity index (χ2n) is 15.5. The van der Waals surface area contributed by atoms with Gasteiger partial charge in [0.15, 0.2) is 0 Å². The van der Waals surface area contributed by atoms with Crippen molar-refractivity contribution in [1.82, 2.24) is 0 Å². The number of benzene rings is 6. The lowest BCUT2D eigenvalue weighted by molar-refractivity contribution is 0.630. The van der Waals surface area contributed by atoms with Gasteiger partial charge in [-0.25, -0.2) is 0 Å². The van der Waals surface area contributed by atoms with Crippen LogP contribution in [0.25, 0.3) is 55.7 Å². The Morgan fingerprint density at radius 1 is 0.607 bits per heavy atom. The van der Waals surface area contributed by atoms with Crippen molar-refractivity contribution in [1.29, 1.82) is 0 Å². The first-order chi connectivity index (χ1) is 30.0. The molecule has 0 saturated heterocycles. The van der Waals surface area contributed by atoms with Gasteiger partial charge in [-0.2, -0.15) is 0 Å². The molecular weight excluding hydrogens is 735 g/mol. The fourth-order valence-electron chi connectivity index (χ4n) is 8.33. The first-order valence-electron chi connectivity index (χ1n) is 21.4. The van der Waals surface area contributed by atoms with Crippen molar-refractivity contribution in [3.05, 3.63) is 254 Å². The summed E-state index contributed by atoms with van der Waals surface area (Å²) >= 11 is 0. The molecule has 1 nitrogen and oxygen atoms in total. The predicted octanol–water partition coefficient (Wildman–Crippen LogP) is 16.3. The normalized spacial score (nSPS) is 14.7. The summed E-state index contributed by atoms with van der Waals surface area (Å²) in [6.45, 7) is 16.8. The van der Waals surface area contributed by atoms with Crippen molar-refractivity contribution in [3.63, 3.8) is 0 Å². The Labute approximate surface area is 364 Å². The van der Waals surface area contributed by atoms with Crippen molar-refractivity contribution in [2.75, 3.05) is 0 Å². The molecule has 0 bridgehead atoms. The fourth-order valence-corrected chi connectivity index (χ4v) is 8.33. The Morgan fingerprint density at radius 3 is 1.90 bits per heavy atom. The molecule has 6 aromatic rings. The maximum Gasteiger partial charge on any atom is 0.0755 e. The van der Waals surface area contributed by atoms with Gasteiger partial charge in [-0.15, -0.1) is 0 Å². The molecule has 61 heavy (non-hydrogen) atoms. The molecule has 0 amide bonds. The van der Waals surface area contributed by atoms with Gasteiger partial charge in [-0.3, -0.25) is 4.99 Å². The van der Waals surface area contributed by atoms with Crippen LogP contribution in [0.5, 0.6) is 0 Å². The van der Waals surface area contributed by atoms with Crippen molar-refractivity contribution in [3.8, 4) is 44.5 Å². The topological polar surface area (TPSA) is 12.4 Å². The van der Waals surface area contributed by atoms with Crippen LogP contribution in [0.1, 0.15) is 55.4 Å². The van der Waals surface area contributed by atoms with Crippen LogP contribution in [0, 0.1) is 0 Å². The molecule has 6 aromatic carbocycles. The van der Waals surface area contributed by atoms with E-state index in [2.05, 4.69) is 203 Å². The van der Waals surface area contributed by atoms with E-state index in [1.54, 1.807) is 0 Å². The lowest BCUT2D eigenvalue weighted by Gasteiger charge is -2.24. The van der Waals surface area contributed by atoms with Gasteiger partial charge in [0.05, 0.1) is 6.04 Å². The van der Waals surface area contributed by atoms with Gasteiger partial charge in [0, 0.05) is 5.71 Å². The number of allylic oxidation sites excluding steroid dienone is 11. The van der Waals surface area contributed by atoms with Crippen LogP contribution < -0.4 is 0 Å². The summed E-state index contributed by atoms with van der Waals surface area (Å²) in [5.74, 6) is 0. The number of hydrogen-bond donors (Lipinski definition) is 0. The average molecular weight is 790 g/mol. The summed E-state index contributed by atoms with van der Waals surface area (Å²) in [6, 6.07) is 52.6. The summed E-state index contributed by atoms with van der Waals surface area (Å²) in [4.78, 5) is 5.26. The van der Waals surface area contributed by atoms with Gasteiger partial charge in [0.2, 0.25) is 0 Å². The fraction of sp³-hybridized carbons (Fsp3) is 0.117. The molecule has 1 atom stereocenters. The Hall–Kier alpha value is -7.09. The van der Waals surface area contributed by atoms with Gasteiger partial charge < -0.3 is 0 Å². The largest absolute Gasteiger partial charge is 0.281 e. The van der Waals surface area contributed by atoms with Gasteiger partial charge in [-0.1, -0.05) is 208 Å². The third kappa shape index (κ3) is 10.2. The molecule has 1 aliphatic rings. The van der Waals surface area contributed by atoms with Crippen LogP contribution in [0.4, 0.5) is 0 Å². The molecular formula is C60H55N. The molecule has 1 heteroatoms. The van der Waals surface area contributed by atoms with E-state index in [9.17, 15) is 0 Å². The molecule has 0 spiro atoms. The number of rotatable bonds is 15. The van der Waals surface area contributed by atoms with E-state index in [0.717, 1.165) is 59.2 Å². The SMILES string of the molecule is C=C/C=C\C=C/Cc1c(-c2cccc(-c3cccc(C(=C)C4=CCCCC4/N=C(\C)c4ccccc4)c3)c2)cc(/C(C)=C/C=C\C=C)c(-c2ccccc2)c1-c1ccccc1. The first-order valence-corrected chi connectivity index (χ1v) is 21.4. The van der Waals surface area contributed by atoms with Crippen molar-refractivity contribution in [2.24, 2.45) is 4.99 Å². The first kappa shape index (κ1) is 42.0. The summed E-state index contributed by atoms with van der Waals surface area (Å²) in [7, 11) is 0. The van der Waals surface area contributed by atoms with Crippen LogP contribution in [0.2, 0.25) is 0 Å². The van der Waals surface area contributed by atoms with Crippen molar-refractivity contribution >= 4 is 16.9 Å². The molecule has 0 saturated carbocycles. The van der Waals surface area contributed by atoms with Crippen molar-refractivity contribution < 1.29 is 0 Å². The third-order valence-electron chi connectivity index (χ3n) is 11.4. The van der Waals surface area contributed by atoms with E-state index in [0.29, 0.717) is 0 Å². The second-order valence-corrected chi connectivity index (χ2v) is 15.5. The minimum Gasteiger partial charge on any atom is -0.281 e. The molecule has 0 radical (unpaired) electrons. The molecule has 0 fully saturated rings. The Balaban J connectivity index is 1.37. The highest BCUT2D eigenvalue weighted by Gasteiger charge is 2.23. The molecule has 0 aliphatic heterocycles. The average Bonchev–Trinajstić information content (AvgIpc) is 3.32. The summed E-state index contributed by atoms with van der Waals surface area (Å²) in [5.41, 5.74) is 18.8. The van der Waals surface area contributed by atoms with E-state index >= 15 is 0 Å². The second kappa shape index (κ2) is 20.7. The molecule has 7 rings (SSSR count). The number of nitrogens with zero attached hydrogens (tertiary/aromatic N) is 1. The van der Waals surface area contributed by atoms with Crippen molar-refractivity contribution in [2.45, 2.75) is 45.6 Å². The minimum atomic E-state index is 0.0878. The Kier molecular flexibility index (Phi) is 14.3. The van der Waals surface area contributed by atoms with E-state index in [1.165, 1.54) is 55.7 Å². The van der Waals surface area contributed by atoms with Gasteiger partial charge >= 0.3 is 0 Å².